The Balaban J connectivity index is 1.67. The normalized spacial score (nSPS) is 14.5. The smallest absolute Gasteiger partial charge is 0.264 e. The fraction of sp³-hybridized carbons (Fsp3) is 0.467. The molecule has 0 radical (unpaired) electrons. The van der Waals surface area contributed by atoms with Gasteiger partial charge >= 0.3 is 0 Å². The molecular formula is C15H19N3O2. The second kappa shape index (κ2) is 5.63. The first-order valence-electron chi connectivity index (χ1n) is 7.01. The lowest BCUT2D eigenvalue weighted by Crippen LogP contribution is -2.06. The van der Waals surface area contributed by atoms with Gasteiger partial charge in [0.1, 0.15) is 5.75 Å². The fourth-order valence-electron chi connectivity index (χ4n) is 2.17. The molecule has 1 aromatic heterocycles. The van der Waals surface area contributed by atoms with Gasteiger partial charge in [0.2, 0.25) is 0 Å². The number of aryl methyl sites for hydroxylation is 1. The van der Waals surface area contributed by atoms with E-state index in [0.717, 1.165) is 23.6 Å². The molecule has 2 aromatic rings. The van der Waals surface area contributed by atoms with Crippen LogP contribution in [0.15, 0.2) is 22.7 Å². The fourth-order valence-corrected chi connectivity index (χ4v) is 2.17. The Labute approximate surface area is 118 Å². The number of benzene rings is 1. The topological polar surface area (TPSA) is 74.2 Å². The maximum absolute atomic E-state index is 5.79. The highest BCUT2D eigenvalue weighted by Gasteiger charge is 2.28. The van der Waals surface area contributed by atoms with E-state index in [-0.39, 0.29) is 0 Å². The first kappa shape index (κ1) is 13.1. The van der Waals surface area contributed by atoms with Gasteiger partial charge in [-0.2, -0.15) is 4.98 Å². The van der Waals surface area contributed by atoms with Crippen molar-refractivity contribution in [2.45, 2.75) is 38.7 Å². The Kier molecular flexibility index (Phi) is 3.69. The van der Waals surface area contributed by atoms with Crippen LogP contribution in [0, 0.1) is 6.92 Å². The van der Waals surface area contributed by atoms with Crippen molar-refractivity contribution in [3.63, 3.8) is 0 Å². The molecule has 5 nitrogen and oxygen atoms in total. The van der Waals surface area contributed by atoms with Gasteiger partial charge in [-0.25, -0.2) is 0 Å². The summed E-state index contributed by atoms with van der Waals surface area (Å²) in [6.45, 7) is 2.97. The SMILES string of the molecule is Cc1ccc(OCc2nc(C3CC3)no2)c(CCN)c1. The molecule has 1 fully saturated rings. The van der Waals surface area contributed by atoms with Crippen molar-refractivity contribution in [2.75, 3.05) is 6.54 Å². The molecule has 0 atom stereocenters. The summed E-state index contributed by atoms with van der Waals surface area (Å²) in [5.74, 6) is 2.69. The minimum absolute atomic E-state index is 0.306. The lowest BCUT2D eigenvalue weighted by Gasteiger charge is -2.10. The van der Waals surface area contributed by atoms with E-state index in [9.17, 15) is 0 Å². The highest BCUT2D eigenvalue weighted by atomic mass is 16.5. The van der Waals surface area contributed by atoms with Crippen LogP contribution >= 0.6 is 0 Å². The van der Waals surface area contributed by atoms with Crippen LogP contribution in [0.5, 0.6) is 5.75 Å². The predicted octanol–water partition coefficient (Wildman–Crippen LogP) is 2.34. The zero-order valence-electron chi connectivity index (χ0n) is 11.6. The molecule has 1 aliphatic carbocycles. The van der Waals surface area contributed by atoms with Gasteiger partial charge in [0.05, 0.1) is 0 Å². The lowest BCUT2D eigenvalue weighted by molar-refractivity contribution is 0.240. The van der Waals surface area contributed by atoms with Crippen LogP contribution in [0.25, 0.3) is 0 Å². The number of nitrogens with zero attached hydrogens (tertiary/aromatic N) is 2. The van der Waals surface area contributed by atoms with Gasteiger partial charge in [0, 0.05) is 5.92 Å². The molecule has 3 rings (SSSR count). The van der Waals surface area contributed by atoms with Crippen LogP contribution in [-0.4, -0.2) is 16.7 Å². The summed E-state index contributed by atoms with van der Waals surface area (Å²) in [5, 5.41) is 3.98. The van der Waals surface area contributed by atoms with Crippen LogP contribution < -0.4 is 10.5 Å². The van der Waals surface area contributed by atoms with Crippen molar-refractivity contribution in [3.05, 3.63) is 41.0 Å². The first-order valence-corrected chi connectivity index (χ1v) is 7.01. The highest BCUT2D eigenvalue weighted by Crippen LogP contribution is 2.38. The molecule has 0 amide bonds. The number of ether oxygens (including phenoxy) is 1. The Bertz CT molecular complexity index is 591. The zero-order chi connectivity index (χ0) is 13.9. The van der Waals surface area contributed by atoms with Crippen LogP contribution in [0.3, 0.4) is 0 Å². The quantitative estimate of drug-likeness (QED) is 0.874. The van der Waals surface area contributed by atoms with E-state index >= 15 is 0 Å². The number of hydrogen-bond acceptors (Lipinski definition) is 5. The van der Waals surface area contributed by atoms with Gasteiger partial charge in [0.25, 0.3) is 5.89 Å². The third-order valence-electron chi connectivity index (χ3n) is 3.41. The second-order valence-electron chi connectivity index (χ2n) is 5.26. The number of rotatable bonds is 6. The molecule has 0 unspecified atom stereocenters. The average Bonchev–Trinajstić information content (AvgIpc) is 3.18. The third-order valence-corrected chi connectivity index (χ3v) is 3.41. The molecule has 1 aromatic carbocycles. The van der Waals surface area contributed by atoms with Crippen molar-refractivity contribution >= 4 is 0 Å². The maximum atomic E-state index is 5.79. The molecule has 1 heterocycles. The van der Waals surface area contributed by atoms with Gasteiger partial charge in [-0.1, -0.05) is 22.9 Å². The van der Waals surface area contributed by atoms with Gasteiger partial charge < -0.3 is 15.0 Å². The molecule has 0 spiro atoms. The number of nitrogens with two attached hydrogens (primary N) is 1. The van der Waals surface area contributed by atoms with Gasteiger partial charge in [0.15, 0.2) is 12.4 Å². The standard InChI is InChI=1S/C15H19N3O2/c1-10-2-5-13(12(8-10)6-7-16)19-9-14-17-15(18-20-14)11-3-4-11/h2,5,8,11H,3-4,6-7,9,16H2,1H3. The Morgan fingerprint density at radius 1 is 1.40 bits per heavy atom. The van der Waals surface area contributed by atoms with Crippen LogP contribution in [0.4, 0.5) is 0 Å². The zero-order valence-corrected chi connectivity index (χ0v) is 11.6. The van der Waals surface area contributed by atoms with Gasteiger partial charge in [-0.15, -0.1) is 0 Å². The average molecular weight is 273 g/mol. The molecule has 1 aliphatic rings. The molecule has 1 saturated carbocycles. The predicted molar refractivity (Wildman–Crippen MR) is 74.5 cm³/mol. The Morgan fingerprint density at radius 3 is 3.00 bits per heavy atom. The monoisotopic (exact) mass is 273 g/mol. The van der Waals surface area contributed by atoms with Gasteiger partial charge in [-0.05, 0) is 44.4 Å². The van der Waals surface area contributed by atoms with E-state index in [4.69, 9.17) is 15.0 Å². The van der Waals surface area contributed by atoms with E-state index < -0.39 is 0 Å². The van der Waals surface area contributed by atoms with Crippen molar-refractivity contribution < 1.29 is 9.26 Å². The first-order chi connectivity index (χ1) is 9.76. The van der Waals surface area contributed by atoms with Crippen LogP contribution in [-0.2, 0) is 13.0 Å². The molecule has 5 heteroatoms. The van der Waals surface area contributed by atoms with Crippen LogP contribution in [0.1, 0.15) is 41.6 Å². The number of hydrogen-bond donors (Lipinski definition) is 1. The minimum Gasteiger partial charge on any atom is -0.483 e. The molecular weight excluding hydrogens is 254 g/mol. The highest BCUT2D eigenvalue weighted by molar-refractivity contribution is 5.37. The number of aromatic nitrogens is 2. The Hall–Kier alpha value is -1.88. The molecule has 106 valence electrons. The summed E-state index contributed by atoms with van der Waals surface area (Å²) in [6, 6.07) is 6.10. The summed E-state index contributed by atoms with van der Waals surface area (Å²) in [5.41, 5.74) is 7.96. The van der Waals surface area contributed by atoms with E-state index in [2.05, 4.69) is 23.1 Å². The van der Waals surface area contributed by atoms with Gasteiger partial charge in [-0.3, -0.25) is 0 Å². The van der Waals surface area contributed by atoms with Crippen molar-refractivity contribution in [3.8, 4) is 5.75 Å². The van der Waals surface area contributed by atoms with E-state index in [1.165, 1.54) is 18.4 Å². The lowest BCUT2D eigenvalue weighted by atomic mass is 10.1. The summed E-state index contributed by atoms with van der Waals surface area (Å²) in [6.07, 6.45) is 3.13. The summed E-state index contributed by atoms with van der Waals surface area (Å²) < 4.78 is 11.0. The summed E-state index contributed by atoms with van der Waals surface area (Å²) >= 11 is 0. The van der Waals surface area contributed by atoms with E-state index in [1.807, 2.05) is 12.1 Å². The van der Waals surface area contributed by atoms with Crippen molar-refractivity contribution in [1.29, 1.82) is 0 Å². The molecule has 0 aliphatic heterocycles. The summed E-state index contributed by atoms with van der Waals surface area (Å²) in [4.78, 5) is 4.35. The van der Waals surface area contributed by atoms with Crippen LogP contribution in [0.2, 0.25) is 0 Å². The molecule has 20 heavy (non-hydrogen) atoms. The third kappa shape index (κ3) is 2.99. The van der Waals surface area contributed by atoms with Crippen molar-refractivity contribution in [1.82, 2.24) is 10.1 Å². The minimum atomic E-state index is 0.306. The van der Waals surface area contributed by atoms with Crippen molar-refractivity contribution in [2.24, 2.45) is 5.73 Å². The molecule has 2 N–H and O–H groups in total. The second-order valence-corrected chi connectivity index (χ2v) is 5.26. The largest absolute Gasteiger partial charge is 0.483 e. The van der Waals surface area contributed by atoms with E-state index in [0.29, 0.717) is 25.0 Å². The maximum Gasteiger partial charge on any atom is 0.264 e. The van der Waals surface area contributed by atoms with E-state index in [1.54, 1.807) is 0 Å². The molecule has 0 bridgehead atoms. The summed E-state index contributed by atoms with van der Waals surface area (Å²) in [7, 11) is 0. The Morgan fingerprint density at radius 2 is 2.25 bits per heavy atom. The molecule has 0 saturated heterocycles.